The normalized spacial score (nSPS) is 14.8. The maximum absolute atomic E-state index is 11.1. The number of nitrogens with one attached hydrogen (secondary N) is 1. The molecule has 0 saturated carbocycles. The van der Waals surface area contributed by atoms with Crippen LogP contribution in [0.5, 0.6) is 0 Å². The van der Waals surface area contributed by atoms with Gasteiger partial charge in [-0.15, -0.1) is 0 Å². The quantitative estimate of drug-likeness (QED) is 0.596. The number of hydrogen-bond acceptors (Lipinski definition) is 3. The first-order valence-electron chi connectivity index (χ1n) is 4.77. The van der Waals surface area contributed by atoms with Crippen LogP contribution >= 0.6 is 0 Å². The summed E-state index contributed by atoms with van der Waals surface area (Å²) < 4.78 is 10.7. The molecule has 0 aromatic carbocycles. The first kappa shape index (κ1) is 13.6. The first-order chi connectivity index (χ1) is 6.52. The van der Waals surface area contributed by atoms with Gasteiger partial charge in [0.1, 0.15) is 0 Å². The zero-order valence-corrected chi connectivity index (χ0v) is 9.60. The van der Waals surface area contributed by atoms with Gasteiger partial charge in [0.25, 0.3) is 0 Å². The first-order valence-corrected chi connectivity index (χ1v) is 6.50. The summed E-state index contributed by atoms with van der Waals surface area (Å²) in [6, 6.07) is 0. The van der Waals surface area contributed by atoms with Gasteiger partial charge >= 0.3 is 0 Å². The number of aliphatic hydroxyl groups is 1. The second-order valence-electron chi connectivity index (χ2n) is 3.37. The summed E-state index contributed by atoms with van der Waals surface area (Å²) in [5.41, 5.74) is 0. The third-order valence-corrected chi connectivity index (χ3v) is 2.58. The second kappa shape index (κ2) is 7.94. The third kappa shape index (κ3) is 9.67. The molecule has 5 heteroatoms. The van der Waals surface area contributed by atoms with E-state index in [1.807, 2.05) is 0 Å². The lowest BCUT2D eigenvalue weighted by molar-refractivity contribution is -0.121. The summed E-state index contributed by atoms with van der Waals surface area (Å²) in [7, 11) is -0.783. The Morgan fingerprint density at radius 3 is 2.71 bits per heavy atom. The number of rotatable bonds is 7. The van der Waals surface area contributed by atoms with Crippen molar-refractivity contribution < 1.29 is 14.1 Å². The SMILES string of the molecule is CC(O)CCC(=O)NCCCS(C)=O. The largest absolute Gasteiger partial charge is 0.393 e. The fraction of sp³-hybridized carbons (Fsp3) is 0.889. The van der Waals surface area contributed by atoms with Crippen LogP contribution in [0, 0.1) is 0 Å². The maximum atomic E-state index is 11.1. The van der Waals surface area contributed by atoms with Crippen LogP contribution in [0.15, 0.2) is 0 Å². The van der Waals surface area contributed by atoms with Crippen LogP contribution < -0.4 is 5.32 Å². The Hall–Kier alpha value is -0.420. The van der Waals surface area contributed by atoms with E-state index in [9.17, 15) is 9.00 Å². The smallest absolute Gasteiger partial charge is 0.220 e. The Morgan fingerprint density at radius 1 is 1.57 bits per heavy atom. The van der Waals surface area contributed by atoms with Gasteiger partial charge in [-0.3, -0.25) is 9.00 Å². The van der Waals surface area contributed by atoms with Crippen molar-refractivity contribution in [1.82, 2.24) is 5.32 Å². The predicted octanol–water partition coefficient (Wildman–Crippen LogP) is 0.0322. The minimum absolute atomic E-state index is 0.0483. The van der Waals surface area contributed by atoms with E-state index >= 15 is 0 Å². The minimum atomic E-state index is -0.783. The van der Waals surface area contributed by atoms with E-state index in [0.29, 0.717) is 25.1 Å². The number of hydrogen-bond donors (Lipinski definition) is 2. The van der Waals surface area contributed by atoms with Crippen LogP contribution in [0.2, 0.25) is 0 Å². The molecule has 0 radical (unpaired) electrons. The molecule has 0 spiro atoms. The molecule has 0 aliphatic rings. The van der Waals surface area contributed by atoms with Crippen molar-refractivity contribution in [2.24, 2.45) is 0 Å². The molecule has 0 aliphatic heterocycles. The van der Waals surface area contributed by atoms with Gasteiger partial charge in [0.05, 0.1) is 6.10 Å². The zero-order valence-electron chi connectivity index (χ0n) is 8.78. The number of aliphatic hydroxyl groups excluding tert-OH is 1. The summed E-state index contributed by atoms with van der Waals surface area (Å²) in [6.45, 7) is 2.23. The lowest BCUT2D eigenvalue weighted by Crippen LogP contribution is -2.25. The topological polar surface area (TPSA) is 66.4 Å². The molecule has 2 atom stereocenters. The molecule has 84 valence electrons. The third-order valence-electron chi connectivity index (χ3n) is 1.72. The van der Waals surface area contributed by atoms with Crippen molar-refractivity contribution in [2.45, 2.75) is 32.3 Å². The number of carbonyl (C=O) groups excluding carboxylic acids is 1. The van der Waals surface area contributed by atoms with Crippen molar-refractivity contribution in [3.8, 4) is 0 Å². The average molecular weight is 221 g/mol. The fourth-order valence-corrected chi connectivity index (χ4v) is 1.48. The summed E-state index contributed by atoms with van der Waals surface area (Å²) >= 11 is 0. The highest BCUT2D eigenvalue weighted by Crippen LogP contribution is 1.95. The van der Waals surface area contributed by atoms with Gasteiger partial charge in [-0.2, -0.15) is 0 Å². The highest BCUT2D eigenvalue weighted by molar-refractivity contribution is 7.84. The van der Waals surface area contributed by atoms with Gasteiger partial charge in [-0.25, -0.2) is 0 Å². The van der Waals surface area contributed by atoms with Gasteiger partial charge in [0.15, 0.2) is 0 Å². The van der Waals surface area contributed by atoms with Crippen molar-refractivity contribution in [2.75, 3.05) is 18.6 Å². The Kier molecular flexibility index (Phi) is 7.70. The van der Waals surface area contributed by atoms with Gasteiger partial charge in [-0.1, -0.05) is 0 Å². The average Bonchev–Trinajstić information content (AvgIpc) is 2.08. The molecule has 0 heterocycles. The molecule has 4 nitrogen and oxygen atoms in total. The van der Waals surface area contributed by atoms with Crippen LogP contribution in [-0.2, 0) is 15.6 Å². The molecule has 0 rings (SSSR count). The van der Waals surface area contributed by atoms with E-state index in [4.69, 9.17) is 5.11 Å². The summed E-state index contributed by atoms with van der Waals surface area (Å²) in [4.78, 5) is 11.1. The van der Waals surface area contributed by atoms with Crippen molar-refractivity contribution in [3.63, 3.8) is 0 Å². The van der Waals surface area contributed by atoms with Crippen LogP contribution in [-0.4, -0.2) is 39.9 Å². The van der Waals surface area contributed by atoms with Crippen LogP contribution in [0.4, 0.5) is 0 Å². The molecule has 2 unspecified atom stereocenters. The number of amides is 1. The van der Waals surface area contributed by atoms with E-state index in [-0.39, 0.29) is 5.91 Å². The summed E-state index contributed by atoms with van der Waals surface area (Å²) in [5.74, 6) is 0.573. The molecular formula is C9H19NO3S. The van der Waals surface area contributed by atoms with E-state index < -0.39 is 16.9 Å². The molecule has 0 fully saturated rings. The van der Waals surface area contributed by atoms with E-state index in [1.165, 1.54) is 0 Å². The van der Waals surface area contributed by atoms with Crippen molar-refractivity contribution in [1.29, 1.82) is 0 Å². The monoisotopic (exact) mass is 221 g/mol. The molecule has 0 aromatic rings. The fourth-order valence-electron chi connectivity index (χ4n) is 0.932. The Labute approximate surface area is 87.5 Å². The molecule has 14 heavy (non-hydrogen) atoms. The van der Waals surface area contributed by atoms with Crippen LogP contribution in [0.3, 0.4) is 0 Å². The Balaban J connectivity index is 3.31. The van der Waals surface area contributed by atoms with E-state index in [2.05, 4.69) is 5.32 Å². The van der Waals surface area contributed by atoms with Gasteiger partial charge < -0.3 is 10.4 Å². The molecule has 0 aliphatic carbocycles. The molecule has 0 bridgehead atoms. The zero-order chi connectivity index (χ0) is 11.0. The molecular weight excluding hydrogens is 202 g/mol. The molecule has 0 saturated heterocycles. The summed E-state index contributed by atoms with van der Waals surface area (Å²) in [5, 5.41) is 11.6. The highest BCUT2D eigenvalue weighted by atomic mass is 32.2. The number of carbonyl (C=O) groups is 1. The minimum Gasteiger partial charge on any atom is -0.393 e. The maximum Gasteiger partial charge on any atom is 0.220 e. The molecule has 0 aromatic heterocycles. The summed E-state index contributed by atoms with van der Waals surface area (Å²) in [6.07, 6.45) is 2.81. The molecule has 1 amide bonds. The van der Waals surface area contributed by atoms with E-state index in [1.54, 1.807) is 13.2 Å². The Morgan fingerprint density at radius 2 is 2.21 bits per heavy atom. The van der Waals surface area contributed by atoms with Crippen LogP contribution in [0.1, 0.15) is 26.2 Å². The van der Waals surface area contributed by atoms with Gasteiger partial charge in [-0.05, 0) is 19.8 Å². The Bertz CT molecular complexity index is 194. The van der Waals surface area contributed by atoms with Crippen molar-refractivity contribution >= 4 is 16.7 Å². The lowest BCUT2D eigenvalue weighted by Gasteiger charge is -2.05. The van der Waals surface area contributed by atoms with Gasteiger partial charge in [0.2, 0.25) is 5.91 Å². The lowest BCUT2D eigenvalue weighted by atomic mass is 10.2. The molecule has 2 N–H and O–H groups in total. The highest BCUT2D eigenvalue weighted by Gasteiger charge is 2.03. The van der Waals surface area contributed by atoms with E-state index in [0.717, 1.165) is 6.42 Å². The van der Waals surface area contributed by atoms with Crippen molar-refractivity contribution in [3.05, 3.63) is 0 Å². The van der Waals surface area contributed by atoms with Gasteiger partial charge in [0, 0.05) is 35.8 Å². The predicted molar refractivity (Wildman–Crippen MR) is 57.5 cm³/mol. The standard InChI is InChI=1S/C9H19NO3S/c1-8(11)4-5-9(12)10-6-3-7-14(2)13/h8,11H,3-7H2,1-2H3,(H,10,12). The second-order valence-corrected chi connectivity index (χ2v) is 4.92. The van der Waals surface area contributed by atoms with Crippen LogP contribution in [0.25, 0.3) is 0 Å².